The van der Waals surface area contributed by atoms with Crippen molar-refractivity contribution in [3.63, 3.8) is 0 Å². The van der Waals surface area contributed by atoms with E-state index in [2.05, 4.69) is 10.3 Å². The van der Waals surface area contributed by atoms with Crippen LogP contribution in [0.25, 0.3) is 10.9 Å². The van der Waals surface area contributed by atoms with Crippen molar-refractivity contribution in [2.24, 2.45) is 0 Å². The minimum Gasteiger partial charge on any atom is -0.452 e. The predicted molar refractivity (Wildman–Crippen MR) is 117 cm³/mol. The van der Waals surface area contributed by atoms with Crippen LogP contribution in [0, 0.1) is 0 Å². The standard InChI is InChI=1S/C24H25N3O4/c1-16(17-8-4-2-5-9-17)25-22(28)15-31-24(30)18-11-12-19-20(14-18)26-21-10-6-3-7-13-27(21)23(19)29/h2,4-5,8-9,11-12,14,16H,3,6-7,10,13,15H2,1H3,(H,25,28)/t16-/m0/s1. The Morgan fingerprint density at radius 2 is 1.94 bits per heavy atom. The molecule has 7 heteroatoms. The maximum Gasteiger partial charge on any atom is 0.338 e. The molecule has 2 aromatic carbocycles. The molecule has 1 amide bonds. The van der Waals surface area contributed by atoms with Gasteiger partial charge in [-0.2, -0.15) is 0 Å². The van der Waals surface area contributed by atoms with E-state index in [1.165, 1.54) is 0 Å². The quantitative estimate of drug-likeness (QED) is 0.642. The van der Waals surface area contributed by atoms with Gasteiger partial charge in [-0.1, -0.05) is 36.8 Å². The van der Waals surface area contributed by atoms with Gasteiger partial charge in [-0.15, -0.1) is 0 Å². The molecule has 3 aromatic rings. The molecule has 1 N–H and O–H groups in total. The van der Waals surface area contributed by atoms with E-state index in [9.17, 15) is 14.4 Å². The van der Waals surface area contributed by atoms with E-state index < -0.39 is 5.97 Å². The Balaban J connectivity index is 1.44. The topological polar surface area (TPSA) is 90.3 Å². The molecule has 7 nitrogen and oxygen atoms in total. The lowest BCUT2D eigenvalue weighted by Gasteiger charge is -2.14. The smallest absolute Gasteiger partial charge is 0.338 e. The molecule has 1 aromatic heterocycles. The number of hydrogen-bond donors (Lipinski definition) is 1. The normalized spacial score (nSPS) is 14.4. The van der Waals surface area contributed by atoms with Crippen LogP contribution >= 0.6 is 0 Å². The lowest BCUT2D eigenvalue weighted by molar-refractivity contribution is -0.124. The molecular weight excluding hydrogens is 394 g/mol. The third kappa shape index (κ3) is 4.66. The summed E-state index contributed by atoms with van der Waals surface area (Å²) >= 11 is 0. The predicted octanol–water partition coefficient (Wildman–Crippen LogP) is 3.16. The first kappa shape index (κ1) is 20.8. The number of aromatic nitrogens is 2. The third-order valence-corrected chi connectivity index (χ3v) is 5.56. The van der Waals surface area contributed by atoms with Crippen LogP contribution in [-0.2, 0) is 22.5 Å². The fourth-order valence-corrected chi connectivity index (χ4v) is 3.87. The number of carbonyl (C=O) groups is 2. The molecule has 0 spiro atoms. The van der Waals surface area contributed by atoms with Crippen molar-refractivity contribution in [3.05, 3.63) is 75.8 Å². The van der Waals surface area contributed by atoms with E-state index in [4.69, 9.17) is 4.74 Å². The highest BCUT2D eigenvalue weighted by atomic mass is 16.5. The Morgan fingerprint density at radius 1 is 1.13 bits per heavy atom. The number of nitrogens with one attached hydrogen (secondary N) is 1. The van der Waals surface area contributed by atoms with Crippen molar-refractivity contribution >= 4 is 22.8 Å². The van der Waals surface area contributed by atoms with Crippen LogP contribution in [0.3, 0.4) is 0 Å². The molecule has 0 saturated carbocycles. The Hall–Kier alpha value is -3.48. The van der Waals surface area contributed by atoms with Crippen molar-refractivity contribution in [2.75, 3.05) is 6.61 Å². The van der Waals surface area contributed by atoms with Crippen LogP contribution in [0.2, 0.25) is 0 Å². The van der Waals surface area contributed by atoms with Crippen LogP contribution in [0.15, 0.2) is 53.3 Å². The largest absolute Gasteiger partial charge is 0.452 e. The first-order valence-electron chi connectivity index (χ1n) is 10.6. The summed E-state index contributed by atoms with van der Waals surface area (Å²) in [4.78, 5) is 42.1. The maximum atomic E-state index is 12.8. The highest BCUT2D eigenvalue weighted by Crippen LogP contribution is 2.17. The SMILES string of the molecule is C[C@H](NC(=O)COC(=O)c1ccc2c(=O)n3c(nc2c1)CCCCC3)c1ccccc1. The van der Waals surface area contributed by atoms with E-state index in [0.717, 1.165) is 37.1 Å². The zero-order valence-corrected chi connectivity index (χ0v) is 17.5. The summed E-state index contributed by atoms with van der Waals surface area (Å²) in [7, 11) is 0. The monoisotopic (exact) mass is 419 g/mol. The van der Waals surface area contributed by atoms with Crippen LogP contribution in [0.5, 0.6) is 0 Å². The fourth-order valence-electron chi connectivity index (χ4n) is 3.87. The number of esters is 1. The Morgan fingerprint density at radius 3 is 2.74 bits per heavy atom. The number of amides is 1. The lowest BCUT2D eigenvalue weighted by atomic mass is 10.1. The molecule has 0 bridgehead atoms. The minimum absolute atomic E-state index is 0.0731. The lowest BCUT2D eigenvalue weighted by Crippen LogP contribution is -2.31. The molecule has 160 valence electrons. The summed E-state index contributed by atoms with van der Waals surface area (Å²) in [6, 6.07) is 14.1. The molecule has 2 heterocycles. The second-order valence-electron chi connectivity index (χ2n) is 7.80. The minimum atomic E-state index is -0.624. The van der Waals surface area contributed by atoms with Gasteiger partial charge in [0.1, 0.15) is 5.82 Å². The van der Waals surface area contributed by atoms with Crippen molar-refractivity contribution in [1.82, 2.24) is 14.9 Å². The average molecular weight is 419 g/mol. The van der Waals surface area contributed by atoms with E-state index in [1.54, 1.807) is 22.8 Å². The zero-order valence-electron chi connectivity index (χ0n) is 17.5. The summed E-state index contributed by atoms with van der Waals surface area (Å²) in [6.45, 7) is 2.16. The van der Waals surface area contributed by atoms with Gasteiger partial charge in [0.15, 0.2) is 6.61 Å². The molecule has 0 fully saturated rings. The number of benzene rings is 2. The van der Waals surface area contributed by atoms with Crippen molar-refractivity contribution < 1.29 is 14.3 Å². The summed E-state index contributed by atoms with van der Waals surface area (Å²) in [5.41, 5.74) is 1.64. The first-order valence-corrected chi connectivity index (χ1v) is 10.6. The number of rotatable bonds is 5. The van der Waals surface area contributed by atoms with Gasteiger partial charge >= 0.3 is 5.97 Å². The van der Waals surface area contributed by atoms with E-state index >= 15 is 0 Å². The Labute approximate surface area is 180 Å². The number of fused-ring (bicyclic) bond motifs is 2. The fraction of sp³-hybridized carbons (Fsp3) is 0.333. The van der Waals surface area contributed by atoms with Crippen LogP contribution in [-0.4, -0.2) is 28.0 Å². The van der Waals surface area contributed by atoms with Crippen LogP contribution in [0.1, 0.15) is 54.0 Å². The molecule has 1 aliphatic rings. The third-order valence-electron chi connectivity index (χ3n) is 5.56. The summed E-state index contributed by atoms with van der Waals surface area (Å²) in [5.74, 6) is -0.247. The second kappa shape index (κ2) is 9.12. The first-order chi connectivity index (χ1) is 15.0. The number of hydrogen-bond acceptors (Lipinski definition) is 5. The van der Waals surface area contributed by atoms with Crippen LogP contribution < -0.4 is 10.9 Å². The summed E-state index contributed by atoms with van der Waals surface area (Å²) in [6.07, 6.45) is 3.78. The van der Waals surface area contributed by atoms with Gasteiger partial charge in [-0.25, -0.2) is 9.78 Å². The summed E-state index contributed by atoms with van der Waals surface area (Å²) < 4.78 is 6.92. The second-order valence-corrected chi connectivity index (χ2v) is 7.80. The molecule has 1 atom stereocenters. The van der Waals surface area contributed by atoms with Crippen LogP contribution in [0.4, 0.5) is 0 Å². The zero-order chi connectivity index (χ0) is 21.8. The van der Waals surface area contributed by atoms with Crippen molar-refractivity contribution in [3.8, 4) is 0 Å². The van der Waals surface area contributed by atoms with E-state index in [0.29, 0.717) is 17.4 Å². The molecule has 0 radical (unpaired) electrons. The molecule has 0 aliphatic carbocycles. The summed E-state index contributed by atoms with van der Waals surface area (Å²) in [5, 5.41) is 3.29. The Bertz CT molecular complexity index is 1170. The van der Waals surface area contributed by atoms with Gasteiger partial charge in [0.05, 0.1) is 22.5 Å². The van der Waals surface area contributed by atoms with E-state index in [1.807, 2.05) is 37.3 Å². The maximum absolute atomic E-state index is 12.8. The van der Waals surface area contributed by atoms with Gasteiger partial charge in [-0.05, 0) is 43.5 Å². The molecular formula is C24H25N3O4. The van der Waals surface area contributed by atoms with Gasteiger partial charge in [0.2, 0.25) is 0 Å². The van der Waals surface area contributed by atoms with Gasteiger partial charge in [-0.3, -0.25) is 14.2 Å². The number of aryl methyl sites for hydroxylation is 1. The molecule has 0 unspecified atom stereocenters. The van der Waals surface area contributed by atoms with Gasteiger partial charge in [0, 0.05) is 13.0 Å². The van der Waals surface area contributed by atoms with E-state index in [-0.39, 0.29) is 29.7 Å². The molecule has 31 heavy (non-hydrogen) atoms. The van der Waals surface area contributed by atoms with Crippen molar-refractivity contribution in [1.29, 1.82) is 0 Å². The average Bonchev–Trinajstić information content (AvgIpc) is 3.03. The number of carbonyl (C=O) groups excluding carboxylic acids is 2. The highest BCUT2D eigenvalue weighted by Gasteiger charge is 2.17. The number of ether oxygens (including phenoxy) is 1. The van der Waals surface area contributed by atoms with Gasteiger partial charge in [0.25, 0.3) is 11.5 Å². The van der Waals surface area contributed by atoms with Crippen molar-refractivity contribution in [2.45, 2.75) is 45.2 Å². The highest BCUT2D eigenvalue weighted by molar-refractivity contribution is 5.95. The molecule has 1 aliphatic heterocycles. The Kier molecular flexibility index (Phi) is 6.11. The molecule has 4 rings (SSSR count). The van der Waals surface area contributed by atoms with Gasteiger partial charge < -0.3 is 10.1 Å². The molecule has 0 saturated heterocycles. The number of nitrogens with zero attached hydrogens (tertiary/aromatic N) is 2.